The lowest BCUT2D eigenvalue weighted by molar-refractivity contribution is -0.156. The number of rotatable bonds is 4. The summed E-state index contributed by atoms with van der Waals surface area (Å²) in [5, 5.41) is 0. The summed E-state index contributed by atoms with van der Waals surface area (Å²) in [7, 11) is 0. The summed E-state index contributed by atoms with van der Waals surface area (Å²) in [5.41, 5.74) is 1.47. The minimum absolute atomic E-state index is 0.0453. The minimum Gasteiger partial charge on any atom is -0.462 e. The van der Waals surface area contributed by atoms with Crippen LogP contribution in [-0.4, -0.2) is 29.6 Å². The van der Waals surface area contributed by atoms with Crippen molar-refractivity contribution in [2.24, 2.45) is 23.2 Å². The van der Waals surface area contributed by atoms with Gasteiger partial charge in [-0.1, -0.05) is 20.8 Å². The Bertz CT molecular complexity index is 697. The highest BCUT2D eigenvalue weighted by molar-refractivity contribution is 5.92. The minimum atomic E-state index is -0.421. The molecule has 4 atom stereocenters. The molecule has 1 heterocycles. The molecule has 136 valence electrons. The van der Waals surface area contributed by atoms with Crippen molar-refractivity contribution in [2.45, 2.75) is 53.6 Å². The monoisotopic (exact) mass is 345 g/mol. The van der Waals surface area contributed by atoms with Crippen LogP contribution in [0.5, 0.6) is 0 Å². The maximum atomic E-state index is 12.5. The van der Waals surface area contributed by atoms with E-state index >= 15 is 0 Å². The van der Waals surface area contributed by atoms with Crippen molar-refractivity contribution in [3.05, 3.63) is 29.1 Å². The van der Waals surface area contributed by atoms with Crippen LogP contribution in [0.4, 0.5) is 0 Å². The van der Waals surface area contributed by atoms with Gasteiger partial charge in [0, 0.05) is 0 Å². The van der Waals surface area contributed by atoms with E-state index in [-0.39, 0.29) is 11.8 Å². The van der Waals surface area contributed by atoms with E-state index in [1.165, 1.54) is 6.42 Å². The fourth-order valence-electron chi connectivity index (χ4n) is 4.56. The quantitative estimate of drug-likeness (QED) is 0.777. The highest BCUT2D eigenvalue weighted by atomic mass is 16.5. The van der Waals surface area contributed by atoms with E-state index in [1.54, 1.807) is 26.0 Å². The number of ether oxygens (including phenoxy) is 2. The predicted molar refractivity (Wildman–Crippen MR) is 93.3 cm³/mol. The molecule has 1 aromatic rings. The predicted octanol–water partition coefficient (Wildman–Crippen LogP) is 3.79. The zero-order valence-electron chi connectivity index (χ0n) is 15.7. The highest BCUT2D eigenvalue weighted by Gasteiger charge is 2.57. The Morgan fingerprint density at radius 1 is 1.24 bits per heavy atom. The maximum absolute atomic E-state index is 12.5. The average molecular weight is 345 g/mol. The number of fused-ring (bicyclic) bond motifs is 2. The van der Waals surface area contributed by atoms with E-state index in [0.29, 0.717) is 41.0 Å². The average Bonchev–Trinajstić information content (AvgIpc) is 2.56. The lowest BCUT2D eigenvalue weighted by Crippen LogP contribution is -2.57. The van der Waals surface area contributed by atoms with E-state index < -0.39 is 11.9 Å². The second-order valence-corrected chi connectivity index (χ2v) is 7.95. The molecule has 4 rings (SSSR count). The Labute approximate surface area is 149 Å². The fraction of sp³-hybridized carbons (Fsp3) is 0.650. The molecule has 5 nitrogen and oxygen atoms in total. The first kappa shape index (κ1) is 17.9. The normalized spacial score (nSPS) is 29.5. The second-order valence-electron chi connectivity index (χ2n) is 7.95. The Morgan fingerprint density at radius 3 is 2.52 bits per heavy atom. The fourth-order valence-corrected chi connectivity index (χ4v) is 4.56. The molecule has 0 aromatic carbocycles. The van der Waals surface area contributed by atoms with Crippen molar-refractivity contribution in [2.75, 3.05) is 6.61 Å². The van der Waals surface area contributed by atoms with E-state index in [9.17, 15) is 9.59 Å². The molecule has 25 heavy (non-hydrogen) atoms. The van der Waals surface area contributed by atoms with Crippen LogP contribution in [0.3, 0.4) is 0 Å². The van der Waals surface area contributed by atoms with Crippen molar-refractivity contribution in [1.29, 1.82) is 0 Å². The smallest absolute Gasteiger partial charge is 0.357 e. The topological polar surface area (TPSA) is 65.5 Å². The lowest BCUT2D eigenvalue weighted by atomic mass is 9.45. The van der Waals surface area contributed by atoms with Crippen molar-refractivity contribution in [3.8, 4) is 0 Å². The first-order valence-corrected chi connectivity index (χ1v) is 9.11. The zero-order chi connectivity index (χ0) is 18.4. The number of aromatic nitrogens is 1. The molecule has 0 radical (unpaired) electrons. The number of esters is 2. The lowest BCUT2D eigenvalue weighted by Gasteiger charge is -2.61. The van der Waals surface area contributed by atoms with Crippen LogP contribution in [0.2, 0.25) is 0 Å². The van der Waals surface area contributed by atoms with Gasteiger partial charge in [0.2, 0.25) is 0 Å². The van der Waals surface area contributed by atoms with Gasteiger partial charge in [0.25, 0.3) is 0 Å². The van der Waals surface area contributed by atoms with Gasteiger partial charge in [0.15, 0.2) is 0 Å². The molecule has 0 spiro atoms. The summed E-state index contributed by atoms with van der Waals surface area (Å²) in [5.74, 6) is 0.784. The zero-order valence-corrected chi connectivity index (χ0v) is 15.7. The van der Waals surface area contributed by atoms with Crippen LogP contribution < -0.4 is 0 Å². The number of hydrogen-bond acceptors (Lipinski definition) is 5. The molecule has 4 unspecified atom stereocenters. The van der Waals surface area contributed by atoms with Gasteiger partial charge in [0.05, 0.1) is 17.9 Å². The van der Waals surface area contributed by atoms with Gasteiger partial charge in [-0.15, -0.1) is 0 Å². The molecule has 3 fully saturated rings. The Morgan fingerprint density at radius 2 is 1.96 bits per heavy atom. The molecule has 0 N–H and O–H groups in total. The van der Waals surface area contributed by atoms with Gasteiger partial charge in [-0.05, 0) is 62.0 Å². The molecule has 3 aliphatic rings. The summed E-state index contributed by atoms with van der Waals surface area (Å²) < 4.78 is 10.8. The highest BCUT2D eigenvalue weighted by Crippen LogP contribution is 2.61. The van der Waals surface area contributed by atoms with E-state index in [4.69, 9.17) is 9.47 Å². The van der Waals surface area contributed by atoms with Gasteiger partial charge in [-0.2, -0.15) is 0 Å². The molecule has 0 amide bonds. The molecule has 5 heteroatoms. The van der Waals surface area contributed by atoms with Gasteiger partial charge >= 0.3 is 11.9 Å². The third-order valence-electron chi connectivity index (χ3n) is 6.33. The molecule has 1 aromatic heterocycles. The van der Waals surface area contributed by atoms with Gasteiger partial charge in [0.1, 0.15) is 11.8 Å². The second kappa shape index (κ2) is 6.43. The van der Waals surface area contributed by atoms with Crippen LogP contribution in [0.15, 0.2) is 12.1 Å². The van der Waals surface area contributed by atoms with E-state index in [2.05, 4.69) is 25.8 Å². The SMILES string of the molecule is CCOC(=O)c1ccc(C(=O)OC2CC3CC(C2C)C3(C)C)nc1C. The summed E-state index contributed by atoms with van der Waals surface area (Å²) in [6.07, 6.45) is 2.13. The summed E-state index contributed by atoms with van der Waals surface area (Å²) in [6, 6.07) is 3.13. The standard InChI is InChI=1S/C20H27NO4/c1-6-24-18(22)14-7-8-16(21-12(14)3)19(23)25-17-10-13-9-15(11(17)2)20(13,4)5/h7-8,11,13,15,17H,6,9-10H2,1-5H3. The number of carbonyl (C=O) groups excluding carboxylic acids is 2. The first-order valence-electron chi connectivity index (χ1n) is 9.11. The number of carbonyl (C=O) groups is 2. The number of aryl methyl sites for hydroxylation is 1. The van der Waals surface area contributed by atoms with Crippen LogP contribution in [-0.2, 0) is 9.47 Å². The molecular formula is C20H27NO4. The number of pyridine rings is 1. The van der Waals surface area contributed by atoms with Gasteiger partial charge in [-0.25, -0.2) is 14.6 Å². The van der Waals surface area contributed by atoms with Crippen molar-refractivity contribution in [3.63, 3.8) is 0 Å². The largest absolute Gasteiger partial charge is 0.462 e. The van der Waals surface area contributed by atoms with Crippen molar-refractivity contribution in [1.82, 2.24) is 4.98 Å². The van der Waals surface area contributed by atoms with Crippen molar-refractivity contribution >= 4 is 11.9 Å². The summed E-state index contributed by atoms with van der Waals surface area (Å²) in [6.45, 7) is 10.6. The molecule has 0 saturated heterocycles. The van der Waals surface area contributed by atoms with Gasteiger partial charge < -0.3 is 9.47 Å². The third kappa shape index (κ3) is 3.05. The third-order valence-corrected chi connectivity index (χ3v) is 6.33. The molecular weight excluding hydrogens is 318 g/mol. The first-order chi connectivity index (χ1) is 11.8. The molecule has 3 saturated carbocycles. The van der Waals surface area contributed by atoms with Crippen LogP contribution in [0.25, 0.3) is 0 Å². The Balaban J connectivity index is 1.68. The molecule has 3 aliphatic carbocycles. The number of nitrogens with zero attached hydrogens (tertiary/aromatic N) is 1. The van der Waals surface area contributed by atoms with Crippen LogP contribution in [0, 0.1) is 30.1 Å². The number of hydrogen-bond donors (Lipinski definition) is 0. The maximum Gasteiger partial charge on any atom is 0.357 e. The Hall–Kier alpha value is -1.91. The van der Waals surface area contributed by atoms with Gasteiger partial charge in [-0.3, -0.25) is 0 Å². The summed E-state index contributed by atoms with van der Waals surface area (Å²) >= 11 is 0. The van der Waals surface area contributed by atoms with E-state index in [0.717, 1.165) is 6.42 Å². The van der Waals surface area contributed by atoms with Crippen molar-refractivity contribution < 1.29 is 19.1 Å². The molecule has 2 bridgehead atoms. The van der Waals surface area contributed by atoms with Crippen LogP contribution in [0.1, 0.15) is 67.1 Å². The van der Waals surface area contributed by atoms with Crippen LogP contribution >= 0.6 is 0 Å². The van der Waals surface area contributed by atoms with E-state index in [1.807, 2.05) is 0 Å². The Kier molecular flexibility index (Phi) is 4.60. The molecule has 0 aliphatic heterocycles. The summed E-state index contributed by atoms with van der Waals surface area (Å²) in [4.78, 5) is 28.6.